The Labute approximate surface area is 76.4 Å². The number of nitrogens with zero attached hydrogens (tertiary/aromatic N) is 1. The fraction of sp³-hybridized carbons (Fsp3) is 0. The number of halogens is 2. The van der Waals surface area contributed by atoms with Crippen LogP contribution in [0.5, 0.6) is 5.75 Å². The number of nitriles is 1. The van der Waals surface area contributed by atoms with Crippen LogP contribution >= 0.6 is 22.6 Å². The second kappa shape index (κ2) is 3.05. The molecule has 0 aliphatic heterocycles. The van der Waals surface area contributed by atoms with E-state index in [4.69, 9.17) is 10.4 Å². The van der Waals surface area contributed by atoms with Crippen molar-refractivity contribution in [2.24, 2.45) is 0 Å². The first kappa shape index (κ1) is 8.27. The molecule has 0 saturated carbocycles. The van der Waals surface area contributed by atoms with Crippen molar-refractivity contribution in [3.05, 3.63) is 27.1 Å². The van der Waals surface area contributed by atoms with Gasteiger partial charge in [0.25, 0.3) is 0 Å². The molecular formula is C7H3FINO. The average molecular weight is 263 g/mol. The first-order chi connectivity index (χ1) is 5.16. The molecule has 0 aliphatic carbocycles. The van der Waals surface area contributed by atoms with Crippen molar-refractivity contribution < 1.29 is 9.50 Å². The number of rotatable bonds is 0. The lowest BCUT2D eigenvalue weighted by Crippen LogP contribution is -1.87. The third-order valence-electron chi connectivity index (χ3n) is 1.18. The van der Waals surface area contributed by atoms with Gasteiger partial charge in [-0.15, -0.1) is 0 Å². The van der Waals surface area contributed by atoms with E-state index < -0.39 is 5.82 Å². The summed E-state index contributed by atoms with van der Waals surface area (Å²) < 4.78 is 12.8. The van der Waals surface area contributed by atoms with Crippen molar-refractivity contribution in [2.45, 2.75) is 0 Å². The molecule has 1 aromatic rings. The molecule has 0 radical (unpaired) electrons. The Morgan fingerprint density at radius 1 is 1.55 bits per heavy atom. The molecule has 0 unspecified atom stereocenters. The van der Waals surface area contributed by atoms with Gasteiger partial charge in [0.05, 0.1) is 3.57 Å². The number of aromatic hydroxyl groups is 1. The minimum atomic E-state index is -0.486. The third kappa shape index (κ3) is 1.43. The second-order valence-corrected chi connectivity index (χ2v) is 2.95. The van der Waals surface area contributed by atoms with Crippen molar-refractivity contribution in [3.8, 4) is 11.8 Å². The summed E-state index contributed by atoms with van der Waals surface area (Å²) in [5, 5.41) is 17.5. The smallest absolute Gasteiger partial charge is 0.138 e. The maximum atomic E-state index is 12.7. The van der Waals surface area contributed by atoms with Crippen LogP contribution in [0.1, 0.15) is 5.56 Å². The first-order valence-electron chi connectivity index (χ1n) is 2.74. The van der Waals surface area contributed by atoms with Crippen LogP contribution < -0.4 is 0 Å². The Balaban J connectivity index is 3.44. The molecule has 2 nitrogen and oxygen atoms in total. The van der Waals surface area contributed by atoms with E-state index in [1.165, 1.54) is 0 Å². The van der Waals surface area contributed by atoms with E-state index in [2.05, 4.69) is 0 Å². The Hall–Kier alpha value is -0.830. The van der Waals surface area contributed by atoms with Gasteiger partial charge in [-0.05, 0) is 34.7 Å². The summed E-state index contributed by atoms with van der Waals surface area (Å²) in [4.78, 5) is 0. The molecule has 1 N–H and O–H groups in total. The summed E-state index contributed by atoms with van der Waals surface area (Å²) in [7, 11) is 0. The summed E-state index contributed by atoms with van der Waals surface area (Å²) in [6.07, 6.45) is 0. The zero-order valence-electron chi connectivity index (χ0n) is 5.31. The lowest BCUT2D eigenvalue weighted by atomic mass is 10.2. The fourth-order valence-electron chi connectivity index (χ4n) is 0.647. The quantitative estimate of drug-likeness (QED) is 0.727. The minimum absolute atomic E-state index is 0.00870. The second-order valence-electron chi connectivity index (χ2n) is 1.87. The molecule has 0 fully saturated rings. The molecular weight excluding hydrogens is 260 g/mol. The van der Waals surface area contributed by atoms with Crippen LogP contribution in [0.25, 0.3) is 0 Å². The van der Waals surface area contributed by atoms with Gasteiger partial charge in [0, 0.05) is 0 Å². The highest BCUT2D eigenvalue weighted by Gasteiger charge is 2.08. The molecule has 56 valence electrons. The SMILES string of the molecule is N#Cc1c(O)ccc(F)c1I. The van der Waals surface area contributed by atoms with Crippen molar-refractivity contribution in [1.82, 2.24) is 0 Å². The van der Waals surface area contributed by atoms with Crippen LogP contribution in [-0.4, -0.2) is 5.11 Å². The van der Waals surface area contributed by atoms with E-state index in [0.717, 1.165) is 12.1 Å². The van der Waals surface area contributed by atoms with Gasteiger partial charge in [0.2, 0.25) is 0 Å². The van der Waals surface area contributed by atoms with E-state index >= 15 is 0 Å². The van der Waals surface area contributed by atoms with Crippen molar-refractivity contribution >= 4 is 22.6 Å². The van der Waals surface area contributed by atoms with Crippen molar-refractivity contribution in [3.63, 3.8) is 0 Å². The van der Waals surface area contributed by atoms with Crippen LogP contribution in [-0.2, 0) is 0 Å². The predicted octanol–water partition coefficient (Wildman–Crippen LogP) is 2.01. The monoisotopic (exact) mass is 263 g/mol. The summed E-state index contributed by atoms with van der Waals surface area (Å²) >= 11 is 1.67. The first-order valence-corrected chi connectivity index (χ1v) is 3.81. The third-order valence-corrected chi connectivity index (χ3v) is 2.24. The van der Waals surface area contributed by atoms with Gasteiger partial charge in [-0.3, -0.25) is 0 Å². The zero-order valence-corrected chi connectivity index (χ0v) is 7.46. The van der Waals surface area contributed by atoms with E-state index in [-0.39, 0.29) is 14.9 Å². The van der Waals surface area contributed by atoms with Crippen LogP contribution in [0.3, 0.4) is 0 Å². The van der Waals surface area contributed by atoms with Gasteiger partial charge in [-0.25, -0.2) is 4.39 Å². The maximum absolute atomic E-state index is 12.7. The number of phenolic OH excluding ortho intramolecular Hbond substituents is 1. The molecule has 0 spiro atoms. The van der Waals surface area contributed by atoms with E-state index in [9.17, 15) is 4.39 Å². The van der Waals surface area contributed by atoms with E-state index in [1.807, 2.05) is 0 Å². The molecule has 0 bridgehead atoms. The minimum Gasteiger partial charge on any atom is -0.507 e. The van der Waals surface area contributed by atoms with Crippen LogP contribution in [0, 0.1) is 20.7 Å². The van der Waals surface area contributed by atoms with Gasteiger partial charge < -0.3 is 5.11 Å². The van der Waals surface area contributed by atoms with Crippen LogP contribution in [0.2, 0.25) is 0 Å². The van der Waals surface area contributed by atoms with Crippen molar-refractivity contribution in [2.75, 3.05) is 0 Å². The molecule has 11 heavy (non-hydrogen) atoms. The van der Waals surface area contributed by atoms with E-state index in [1.54, 1.807) is 28.7 Å². The summed E-state index contributed by atoms with van der Waals surface area (Å²) in [5.74, 6) is -0.668. The highest BCUT2D eigenvalue weighted by atomic mass is 127. The maximum Gasteiger partial charge on any atom is 0.138 e. The standard InChI is InChI=1S/C7H3FINO/c8-5-1-2-6(11)4(3-10)7(5)9/h1-2,11H. The Kier molecular flexibility index (Phi) is 2.29. The number of hydrogen-bond donors (Lipinski definition) is 1. The Bertz CT molecular complexity index is 332. The molecule has 0 amide bonds. The highest BCUT2D eigenvalue weighted by Crippen LogP contribution is 2.23. The summed E-state index contributed by atoms with van der Waals surface area (Å²) in [6, 6.07) is 3.99. The molecule has 1 aromatic carbocycles. The average Bonchev–Trinajstić information content (AvgIpc) is 1.99. The number of hydrogen-bond acceptors (Lipinski definition) is 2. The fourth-order valence-corrected chi connectivity index (χ4v) is 1.22. The lowest BCUT2D eigenvalue weighted by molar-refractivity contribution is 0.470. The molecule has 0 atom stereocenters. The molecule has 4 heteroatoms. The topological polar surface area (TPSA) is 44.0 Å². The predicted molar refractivity (Wildman–Crippen MR) is 45.5 cm³/mol. The normalized spacial score (nSPS) is 9.18. The molecule has 0 aliphatic rings. The molecule has 0 aromatic heterocycles. The Morgan fingerprint density at radius 2 is 2.18 bits per heavy atom. The molecule has 1 rings (SSSR count). The molecule has 0 heterocycles. The highest BCUT2D eigenvalue weighted by molar-refractivity contribution is 14.1. The Morgan fingerprint density at radius 3 is 2.64 bits per heavy atom. The largest absolute Gasteiger partial charge is 0.507 e. The number of phenols is 1. The summed E-state index contributed by atoms with van der Waals surface area (Å²) in [5.41, 5.74) is -0.00870. The summed E-state index contributed by atoms with van der Waals surface area (Å²) in [6.45, 7) is 0. The van der Waals surface area contributed by atoms with Gasteiger partial charge in [0.15, 0.2) is 0 Å². The zero-order chi connectivity index (χ0) is 8.43. The van der Waals surface area contributed by atoms with Crippen LogP contribution in [0.15, 0.2) is 12.1 Å². The van der Waals surface area contributed by atoms with Gasteiger partial charge in [-0.2, -0.15) is 5.26 Å². The van der Waals surface area contributed by atoms with Gasteiger partial charge >= 0.3 is 0 Å². The number of benzene rings is 1. The lowest BCUT2D eigenvalue weighted by Gasteiger charge is -1.98. The van der Waals surface area contributed by atoms with E-state index in [0.29, 0.717) is 0 Å². The molecule has 0 saturated heterocycles. The van der Waals surface area contributed by atoms with Crippen LogP contribution in [0.4, 0.5) is 4.39 Å². The van der Waals surface area contributed by atoms with Crippen molar-refractivity contribution in [1.29, 1.82) is 5.26 Å². The van der Waals surface area contributed by atoms with Gasteiger partial charge in [0.1, 0.15) is 23.2 Å². The van der Waals surface area contributed by atoms with Gasteiger partial charge in [-0.1, -0.05) is 0 Å².